The van der Waals surface area contributed by atoms with Gasteiger partial charge in [-0.2, -0.15) is 0 Å². The number of nitro groups is 1. The van der Waals surface area contributed by atoms with E-state index in [-0.39, 0.29) is 33.1 Å². The molecule has 0 saturated heterocycles. The van der Waals surface area contributed by atoms with Gasteiger partial charge in [-0.25, -0.2) is 8.42 Å². The first-order chi connectivity index (χ1) is 15.7. The second-order valence-corrected chi connectivity index (χ2v) is 8.51. The number of rotatable bonds is 8. The monoisotopic (exact) mass is 471 g/mol. The highest BCUT2D eigenvalue weighted by Gasteiger charge is 2.22. The summed E-state index contributed by atoms with van der Waals surface area (Å²) >= 11 is 0. The lowest BCUT2D eigenvalue weighted by Gasteiger charge is -2.14. The summed E-state index contributed by atoms with van der Waals surface area (Å²) in [5.74, 6) is 0.0186. The van der Waals surface area contributed by atoms with Crippen LogP contribution in [0, 0.1) is 17.0 Å². The van der Waals surface area contributed by atoms with Gasteiger partial charge in [0.05, 0.1) is 19.1 Å². The molecule has 2 N–H and O–H groups in total. The van der Waals surface area contributed by atoms with Crippen molar-refractivity contribution in [1.82, 2.24) is 0 Å². The fourth-order valence-corrected chi connectivity index (χ4v) is 4.35. The average Bonchev–Trinajstić information content (AvgIpc) is 2.79. The van der Waals surface area contributed by atoms with Gasteiger partial charge in [0.15, 0.2) is 0 Å². The van der Waals surface area contributed by atoms with Gasteiger partial charge in [-0.15, -0.1) is 0 Å². The Kier molecular flexibility index (Phi) is 6.83. The minimum atomic E-state index is -4.08. The molecule has 10 nitrogen and oxygen atoms in total. The van der Waals surface area contributed by atoms with Crippen LogP contribution in [0.4, 0.5) is 17.1 Å². The van der Waals surface area contributed by atoms with Crippen molar-refractivity contribution in [2.75, 3.05) is 24.3 Å². The number of nitrogens with zero attached hydrogens (tertiary/aromatic N) is 1. The third-order valence-electron chi connectivity index (χ3n) is 4.80. The molecule has 0 aliphatic carbocycles. The molecule has 1 amide bonds. The van der Waals surface area contributed by atoms with Crippen LogP contribution < -0.4 is 19.5 Å². The van der Waals surface area contributed by atoms with Crippen molar-refractivity contribution in [3.8, 4) is 11.5 Å². The van der Waals surface area contributed by atoms with Crippen molar-refractivity contribution in [3.05, 3.63) is 81.9 Å². The van der Waals surface area contributed by atoms with Crippen LogP contribution in [-0.2, 0) is 10.0 Å². The number of anilines is 2. The van der Waals surface area contributed by atoms with E-state index in [1.807, 2.05) is 0 Å². The SMILES string of the molecule is COc1ccc(NS(=O)(=O)c2cc(NC(=O)c3cccc([N+](=O)[O-])c3C)ccc2OC)cc1. The van der Waals surface area contributed by atoms with E-state index in [1.54, 1.807) is 24.3 Å². The Morgan fingerprint density at radius 1 is 0.970 bits per heavy atom. The lowest BCUT2D eigenvalue weighted by Crippen LogP contribution is -2.17. The highest BCUT2D eigenvalue weighted by atomic mass is 32.2. The maximum Gasteiger partial charge on any atom is 0.273 e. The van der Waals surface area contributed by atoms with Crippen LogP contribution in [-0.4, -0.2) is 33.5 Å². The van der Waals surface area contributed by atoms with E-state index in [4.69, 9.17) is 9.47 Å². The number of amides is 1. The lowest BCUT2D eigenvalue weighted by atomic mass is 10.1. The third kappa shape index (κ3) is 5.21. The van der Waals surface area contributed by atoms with Gasteiger partial charge in [0, 0.05) is 28.6 Å². The maximum atomic E-state index is 13.0. The fourth-order valence-electron chi connectivity index (χ4n) is 3.10. The molecule has 0 saturated carbocycles. The van der Waals surface area contributed by atoms with E-state index in [9.17, 15) is 23.3 Å². The number of methoxy groups -OCH3 is 2. The van der Waals surface area contributed by atoms with Gasteiger partial charge in [0.25, 0.3) is 21.6 Å². The molecule has 0 heterocycles. The van der Waals surface area contributed by atoms with E-state index in [0.717, 1.165) is 0 Å². The normalized spacial score (nSPS) is 10.9. The maximum absolute atomic E-state index is 13.0. The van der Waals surface area contributed by atoms with Gasteiger partial charge < -0.3 is 14.8 Å². The van der Waals surface area contributed by atoms with Crippen molar-refractivity contribution in [3.63, 3.8) is 0 Å². The van der Waals surface area contributed by atoms with Crippen LogP contribution in [0.5, 0.6) is 11.5 Å². The number of benzene rings is 3. The molecule has 3 rings (SSSR count). The molecule has 0 atom stereocenters. The molecule has 0 unspecified atom stereocenters. The minimum absolute atomic E-state index is 0.0699. The molecule has 0 aliphatic rings. The number of carbonyl (C=O) groups excluding carboxylic acids is 1. The van der Waals surface area contributed by atoms with Crippen LogP contribution in [0.25, 0.3) is 0 Å². The smallest absolute Gasteiger partial charge is 0.273 e. The lowest BCUT2D eigenvalue weighted by molar-refractivity contribution is -0.385. The molecular formula is C22H21N3O7S. The summed E-state index contributed by atoms with van der Waals surface area (Å²) in [5.41, 5.74) is 0.578. The third-order valence-corrected chi connectivity index (χ3v) is 6.20. The first-order valence-corrected chi connectivity index (χ1v) is 11.0. The summed E-state index contributed by atoms with van der Waals surface area (Å²) in [5, 5.41) is 13.7. The average molecular weight is 471 g/mol. The zero-order valence-corrected chi connectivity index (χ0v) is 18.8. The predicted octanol–water partition coefficient (Wildman–Crippen LogP) is 3.97. The van der Waals surface area contributed by atoms with Gasteiger partial charge in [-0.1, -0.05) is 6.07 Å². The summed E-state index contributed by atoms with van der Waals surface area (Å²) in [7, 11) is -1.26. The van der Waals surface area contributed by atoms with E-state index in [0.29, 0.717) is 11.4 Å². The van der Waals surface area contributed by atoms with Gasteiger partial charge in [0.2, 0.25) is 0 Å². The Balaban J connectivity index is 1.91. The van der Waals surface area contributed by atoms with Gasteiger partial charge in [-0.05, 0) is 55.5 Å². The Bertz CT molecular complexity index is 1310. The molecule has 0 aromatic heterocycles. The Hall–Kier alpha value is -4.12. The molecule has 172 valence electrons. The molecule has 0 bridgehead atoms. The topological polar surface area (TPSA) is 137 Å². The first-order valence-electron chi connectivity index (χ1n) is 9.56. The fraction of sp³-hybridized carbons (Fsp3) is 0.136. The zero-order chi connectivity index (χ0) is 24.2. The predicted molar refractivity (Wildman–Crippen MR) is 123 cm³/mol. The summed E-state index contributed by atoms with van der Waals surface area (Å²) in [6.07, 6.45) is 0. The number of nitrogens with one attached hydrogen (secondary N) is 2. The van der Waals surface area contributed by atoms with Crippen molar-refractivity contribution >= 4 is 33.0 Å². The summed E-state index contributed by atoms with van der Waals surface area (Å²) < 4.78 is 38.7. The standard InChI is InChI=1S/C22H21N3O7S/c1-14-18(5-4-6-19(14)25(27)28)22(26)23-16-9-12-20(32-3)21(13-16)33(29,30)24-15-7-10-17(31-2)11-8-15/h4-13,24H,1-3H3,(H,23,26). The molecule has 3 aromatic carbocycles. The highest BCUT2D eigenvalue weighted by molar-refractivity contribution is 7.92. The highest BCUT2D eigenvalue weighted by Crippen LogP contribution is 2.30. The molecule has 0 fully saturated rings. The van der Waals surface area contributed by atoms with Gasteiger partial charge >= 0.3 is 0 Å². The van der Waals surface area contributed by atoms with E-state index in [2.05, 4.69) is 10.0 Å². The number of hydrogen-bond donors (Lipinski definition) is 2. The van der Waals surface area contributed by atoms with Crippen LogP contribution in [0.1, 0.15) is 15.9 Å². The van der Waals surface area contributed by atoms with E-state index < -0.39 is 20.9 Å². The molecule has 3 aromatic rings. The summed E-state index contributed by atoms with van der Waals surface area (Å²) in [6, 6.07) is 14.6. The Morgan fingerprint density at radius 3 is 2.24 bits per heavy atom. The van der Waals surface area contributed by atoms with Gasteiger partial charge in [0.1, 0.15) is 16.4 Å². The Labute approximate surface area is 190 Å². The molecular weight excluding hydrogens is 450 g/mol. The number of hydrogen-bond acceptors (Lipinski definition) is 7. The number of sulfonamides is 1. The molecule has 33 heavy (non-hydrogen) atoms. The second-order valence-electron chi connectivity index (χ2n) is 6.86. The minimum Gasteiger partial charge on any atom is -0.497 e. The van der Waals surface area contributed by atoms with E-state index >= 15 is 0 Å². The number of carbonyl (C=O) groups is 1. The zero-order valence-electron chi connectivity index (χ0n) is 18.0. The van der Waals surface area contributed by atoms with Crippen LogP contribution >= 0.6 is 0 Å². The largest absolute Gasteiger partial charge is 0.497 e. The molecule has 0 spiro atoms. The number of nitro benzene ring substituents is 1. The van der Waals surface area contributed by atoms with Crippen LogP contribution in [0.3, 0.4) is 0 Å². The number of ether oxygens (including phenoxy) is 2. The van der Waals surface area contributed by atoms with Crippen LogP contribution in [0.2, 0.25) is 0 Å². The summed E-state index contributed by atoms with van der Waals surface area (Å²) in [6.45, 7) is 1.47. The van der Waals surface area contributed by atoms with Crippen LogP contribution in [0.15, 0.2) is 65.6 Å². The van der Waals surface area contributed by atoms with Crippen molar-refractivity contribution in [1.29, 1.82) is 0 Å². The van der Waals surface area contributed by atoms with Crippen molar-refractivity contribution in [2.24, 2.45) is 0 Å². The van der Waals surface area contributed by atoms with Crippen molar-refractivity contribution in [2.45, 2.75) is 11.8 Å². The van der Waals surface area contributed by atoms with E-state index in [1.165, 1.54) is 57.5 Å². The van der Waals surface area contributed by atoms with Crippen molar-refractivity contribution < 1.29 is 27.6 Å². The molecule has 11 heteroatoms. The van der Waals surface area contributed by atoms with Gasteiger partial charge in [-0.3, -0.25) is 19.6 Å². The summed E-state index contributed by atoms with van der Waals surface area (Å²) in [4.78, 5) is 23.1. The second kappa shape index (κ2) is 9.57. The quantitative estimate of drug-likeness (QED) is 0.374. The first kappa shape index (κ1) is 23.5. The Morgan fingerprint density at radius 2 is 1.64 bits per heavy atom. The molecule has 0 aliphatic heterocycles. The molecule has 0 radical (unpaired) electrons.